The number of aromatic nitrogens is 1. The average Bonchev–Trinajstić information content (AvgIpc) is 3.00. The molecule has 2 heterocycles. The molecule has 0 fully saturated rings. The lowest BCUT2D eigenvalue weighted by Crippen LogP contribution is -2.37. The summed E-state index contributed by atoms with van der Waals surface area (Å²) in [5.41, 5.74) is 0.763. The van der Waals surface area contributed by atoms with Crippen LogP contribution in [0, 0.1) is 0 Å². The topological polar surface area (TPSA) is 76.4 Å². The summed E-state index contributed by atoms with van der Waals surface area (Å²) >= 11 is 0. The molecule has 2 rings (SSSR count). The molecule has 1 atom stereocenters. The van der Waals surface area contributed by atoms with Crippen molar-refractivity contribution in [3.63, 3.8) is 0 Å². The van der Waals surface area contributed by atoms with Gasteiger partial charge in [-0.2, -0.15) is 0 Å². The highest BCUT2D eigenvalue weighted by molar-refractivity contribution is 5.84. The third-order valence-electron chi connectivity index (χ3n) is 2.82. The maximum absolute atomic E-state index is 12.0. The van der Waals surface area contributed by atoms with E-state index in [4.69, 9.17) is 9.15 Å². The van der Waals surface area contributed by atoms with Gasteiger partial charge in [-0.05, 0) is 32.0 Å². The number of anilines is 1. The number of hydrogen-bond donors (Lipinski definition) is 2. The summed E-state index contributed by atoms with van der Waals surface area (Å²) in [7, 11) is 0. The molecule has 2 N–H and O–H groups in total. The molecule has 1 amide bonds. The highest BCUT2D eigenvalue weighted by Crippen LogP contribution is 2.12. The van der Waals surface area contributed by atoms with Gasteiger partial charge in [0.25, 0.3) is 0 Å². The third-order valence-corrected chi connectivity index (χ3v) is 2.82. The van der Waals surface area contributed by atoms with E-state index in [1.165, 1.54) is 0 Å². The van der Waals surface area contributed by atoms with E-state index in [0.29, 0.717) is 19.0 Å². The van der Waals surface area contributed by atoms with Gasteiger partial charge in [0.1, 0.15) is 11.8 Å². The Balaban J connectivity index is 1.82. The molecular weight excluding hydrogens is 270 g/mol. The molecular formula is C15H19N3O3. The molecule has 0 aliphatic carbocycles. The minimum atomic E-state index is -0.375. The molecule has 0 aliphatic heterocycles. The van der Waals surface area contributed by atoms with Crippen molar-refractivity contribution in [2.75, 3.05) is 11.9 Å². The molecule has 2 aromatic heterocycles. The first-order chi connectivity index (χ1) is 10.2. The Morgan fingerprint density at radius 1 is 1.43 bits per heavy atom. The lowest BCUT2D eigenvalue weighted by molar-refractivity contribution is -0.121. The molecule has 0 aromatic carbocycles. The zero-order valence-electron chi connectivity index (χ0n) is 12.1. The second-order valence-corrected chi connectivity index (χ2v) is 4.48. The lowest BCUT2D eigenvalue weighted by Gasteiger charge is -2.14. The van der Waals surface area contributed by atoms with E-state index in [0.717, 1.165) is 11.4 Å². The quantitative estimate of drug-likeness (QED) is 0.817. The highest BCUT2D eigenvalue weighted by Gasteiger charge is 2.12. The van der Waals surface area contributed by atoms with Crippen molar-refractivity contribution >= 4 is 11.6 Å². The second-order valence-electron chi connectivity index (χ2n) is 4.48. The zero-order chi connectivity index (χ0) is 15.1. The summed E-state index contributed by atoms with van der Waals surface area (Å²) in [5.74, 6) is 1.18. The minimum Gasteiger partial charge on any atom is -0.478 e. The fourth-order valence-electron chi connectivity index (χ4n) is 1.75. The van der Waals surface area contributed by atoms with Crippen molar-refractivity contribution in [2.45, 2.75) is 26.4 Å². The largest absolute Gasteiger partial charge is 0.478 e. The van der Waals surface area contributed by atoms with E-state index < -0.39 is 0 Å². The Kier molecular flexibility index (Phi) is 5.20. The van der Waals surface area contributed by atoms with Gasteiger partial charge in [0.15, 0.2) is 0 Å². The molecule has 21 heavy (non-hydrogen) atoms. The van der Waals surface area contributed by atoms with Gasteiger partial charge in [0.2, 0.25) is 11.8 Å². The van der Waals surface area contributed by atoms with Crippen LogP contribution in [0.4, 0.5) is 5.69 Å². The van der Waals surface area contributed by atoms with Crippen LogP contribution in [0.3, 0.4) is 0 Å². The summed E-state index contributed by atoms with van der Waals surface area (Å²) in [6, 6.07) is 6.82. The number of carbonyl (C=O) groups excluding carboxylic acids is 1. The van der Waals surface area contributed by atoms with E-state index in [1.807, 2.05) is 19.1 Å². The normalized spacial score (nSPS) is 11.7. The molecule has 2 aromatic rings. The molecule has 6 heteroatoms. The van der Waals surface area contributed by atoms with Gasteiger partial charge in [-0.25, -0.2) is 4.98 Å². The van der Waals surface area contributed by atoms with Crippen LogP contribution in [0.5, 0.6) is 5.88 Å². The molecule has 0 spiro atoms. The second kappa shape index (κ2) is 7.33. The first kappa shape index (κ1) is 14.9. The number of nitrogens with one attached hydrogen (secondary N) is 2. The van der Waals surface area contributed by atoms with Gasteiger partial charge in [0.05, 0.1) is 31.3 Å². The van der Waals surface area contributed by atoms with E-state index in [-0.39, 0.29) is 11.9 Å². The van der Waals surface area contributed by atoms with Gasteiger partial charge in [-0.1, -0.05) is 0 Å². The molecule has 0 saturated heterocycles. The van der Waals surface area contributed by atoms with Crippen LogP contribution in [0.25, 0.3) is 0 Å². The first-order valence-electron chi connectivity index (χ1n) is 6.84. The van der Waals surface area contributed by atoms with Crippen LogP contribution in [0.2, 0.25) is 0 Å². The number of ether oxygens (including phenoxy) is 1. The van der Waals surface area contributed by atoms with Crippen molar-refractivity contribution < 1.29 is 13.9 Å². The number of hydrogen-bond acceptors (Lipinski definition) is 5. The molecule has 0 bridgehead atoms. The summed E-state index contributed by atoms with van der Waals surface area (Å²) in [6.07, 6.45) is 3.22. The zero-order valence-corrected chi connectivity index (χ0v) is 12.1. The highest BCUT2D eigenvalue weighted by atomic mass is 16.5. The number of nitrogens with zero attached hydrogens (tertiary/aromatic N) is 1. The summed E-state index contributed by atoms with van der Waals surface area (Å²) < 4.78 is 10.4. The van der Waals surface area contributed by atoms with Crippen molar-refractivity contribution in [1.82, 2.24) is 10.3 Å². The van der Waals surface area contributed by atoms with E-state index in [9.17, 15) is 4.79 Å². The molecule has 0 aliphatic rings. The number of amides is 1. The third kappa shape index (κ3) is 4.52. The maximum atomic E-state index is 12.0. The Labute approximate surface area is 123 Å². The van der Waals surface area contributed by atoms with Crippen LogP contribution in [0.15, 0.2) is 41.1 Å². The molecule has 0 radical (unpaired) electrons. The predicted octanol–water partition coefficient (Wildman–Crippen LogP) is 2.19. The van der Waals surface area contributed by atoms with Gasteiger partial charge < -0.3 is 19.8 Å². The Morgan fingerprint density at radius 2 is 2.29 bits per heavy atom. The first-order valence-corrected chi connectivity index (χ1v) is 6.84. The number of carbonyl (C=O) groups is 1. The molecule has 112 valence electrons. The average molecular weight is 289 g/mol. The number of rotatable bonds is 7. The van der Waals surface area contributed by atoms with E-state index >= 15 is 0 Å². The fraction of sp³-hybridized carbons (Fsp3) is 0.333. The maximum Gasteiger partial charge on any atom is 0.242 e. The van der Waals surface area contributed by atoms with E-state index in [1.54, 1.807) is 31.5 Å². The summed E-state index contributed by atoms with van der Waals surface area (Å²) in [4.78, 5) is 16.1. The van der Waals surface area contributed by atoms with Gasteiger partial charge in [0, 0.05) is 6.07 Å². The van der Waals surface area contributed by atoms with Crippen LogP contribution >= 0.6 is 0 Å². The van der Waals surface area contributed by atoms with Crippen LogP contribution < -0.4 is 15.4 Å². The Hall–Kier alpha value is -2.50. The Morgan fingerprint density at radius 3 is 2.90 bits per heavy atom. The van der Waals surface area contributed by atoms with Gasteiger partial charge in [-0.15, -0.1) is 0 Å². The molecule has 1 unspecified atom stereocenters. The van der Waals surface area contributed by atoms with Crippen molar-refractivity contribution in [1.29, 1.82) is 0 Å². The van der Waals surface area contributed by atoms with Crippen molar-refractivity contribution in [2.24, 2.45) is 0 Å². The lowest BCUT2D eigenvalue weighted by atomic mass is 10.3. The molecule has 6 nitrogen and oxygen atoms in total. The monoisotopic (exact) mass is 289 g/mol. The summed E-state index contributed by atoms with van der Waals surface area (Å²) in [6.45, 7) is 4.64. The summed E-state index contributed by atoms with van der Waals surface area (Å²) in [5, 5.41) is 5.88. The fourth-order valence-corrected chi connectivity index (χ4v) is 1.75. The Bertz CT molecular complexity index is 552. The minimum absolute atomic E-state index is 0.111. The standard InChI is InChI=1S/C15H19N3O3/c1-3-20-14-7-6-12(9-16-14)18-11(2)15(19)17-10-13-5-4-8-21-13/h4-9,11,18H,3,10H2,1-2H3,(H,17,19). The smallest absolute Gasteiger partial charge is 0.242 e. The molecule has 0 saturated carbocycles. The van der Waals surface area contributed by atoms with Gasteiger partial charge >= 0.3 is 0 Å². The van der Waals surface area contributed by atoms with Crippen molar-refractivity contribution in [3.8, 4) is 5.88 Å². The van der Waals surface area contributed by atoms with Crippen LogP contribution in [0.1, 0.15) is 19.6 Å². The SMILES string of the molecule is CCOc1ccc(NC(C)C(=O)NCc2ccco2)cn1. The van der Waals surface area contributed by atoms with Crippen LogP contribution in [-0.2, 0) is 11.3 Å². The predicted molar refractivity (Wildman–Crippen MR) is 79.0 cm³/mol. The van der Waals surface area contributed by atoms with Crippen molar-refractivity contribution in [3.05, 3.63) is 42.5 Å². The number of pyridine rings is 1. The van der Waals surface area contributed by atoms with E-state index in [2.05, 4.69) is 15.6 Å². The van der Waals surface area contributed by atoms with Crippen LogP contribution in [-0.4, -0.2) is 23.5 Å². The number of furan rings is 1. The van der Waals surface area contributed by atoms with Gasteiger partial charge in [-0.3, -0.25) is 4.79 Å².